The summed E-state index contributed by atoms with van der Waals surface area (Å²) in [6.45, 7) is 0. The van der Waals surface area contributed by atoms with Crippen LogP contribution in [0.4, 0.5) is 0 Å². The lowest BCUT2D eigenvalue weighted by atomic mass is 10.1. The Morgan fingerprint density at radius 1 is 0.455 bits per heavy atom. The fraction of sp³-hybridized carbons (Fsp3) is 0. The van der Waals surface area contributed by atoms with E-state index in [0.717, 1.165) is 49.7 Å². The molecule has 0 aliphatic rings. The molecule has 44 heavy (non-hydrogen) atoms. The van der Waals surface area contributed by atoms with Gasteiger partial charge in [0.25, 0.3) is 0 Å². The van der Waals surface area contributed by atoms with Crippen molar-refractivity contribution in [2.75, 3.05) is 0 Å². The summed E-state index contributed by atoms with van der Waals surface area (Å²) in [5.41, 5.74) is 7.10. The molecule has 0 amide bonds. The first-order valence-corrected chi connectivity index (χ1v) is 14.6. The topological polar surface area (TPSA) is 48.5 Å². The molecule has 0 radical (unpaired) electrons. The van der Waals surface area contributed by atoms with Gasteiger partial charge in [-0.2, -0.15) is 9.97 Å². The first kappa shape index (κ1) is 24.4. The molecule has 9 rings (SSSR count). The number of para-hydroxylation sites is 3. The van der Waals surface area contributed by atoms with Crippen LogP contribution in [0.3, 0.4) is 0 Å². The molecule has 0 aliphatic heterocycles. The van der Waals surface area contributed by atoms with E-state index in [1.165, 1.54) is 10.8 Å². The summed E-state index contributed by atoms with van der Waals surface area (Å²) in [7, 11) is 0. The van der Waals surface area contributed by atoms with Gasteiger partial charge >= 0.3 is 0 Å². The summed E-state index contributed by atoms with van der Waals surface area (Å²) in [5.74, 6) is 1.70. The Labute approximate surface area is 253 Å². The number of hydrogen-bond donors (Lipinski definition) is 0. The largest absolute Gasteiger partial charge is 0.307 e. The molecule has 9 aromatic rings. The highest BCUT2D eigenvalue weighted by atomic mass is 15.2. The van der Waals surface area contributed by atoms with Gasteiger partial charge in [0, 0.05) is 32.8 Å². The number of benzene rings is 5. The Hall–Kier alpha value is -6.25. The van der Waals surface area contributed by atoms with Crippen molar-refractivity contribution in [2.24, 2.45) is 0 Å². The predicted molar refractivity (Wildman–Crippen MR) is 177 cm³/mol. The molecule has 3 aromatic heterocycles. The third-order valence-corrected chi connectivity index (χ3v) is 8.23. The maximum atomic E-state index is 5.14. The van der Waals surface area contributed by atoms with Crippen LogP contribution >= 0.6 is 0 Å². The van der Waals surface area contributed by atoms with E-state index in [9.17, 15) is 0 Å². The first-order valence-electron chi connectivity index (χ1n) is 14.6. The zero-order valence-corrected chi connectivity index (χ0v) is 23.5. The number of aromatic nitrogens is 5. The third-order valence-electron chi connectivity index (χ3n) is 8.23. The fourth-order valence-electron chi connectivity index (χ4n) is 6.34. The maximum Gasteiger partial charge on any atom is 0.238 e. The van der Waals surface area contributed by atoms with Crippen LogP contribution in [0.1, 0.15) is 0 Å². The van der Waals surface area contributed by atoms with Crippen LogP contribution in [0.2, 0.25) is 0 Å². The van der Waals surface area contributed by atoms with Crippen LogP contribution in [0, 0.1) is 12.1 Å². The number of hydrogen-bond acceptors (Lipinski definition) is 3. The van der Waals surface area contributed by atoms with Gasteiger partial charge in [0.05, 0.1) is 27.6 Å². The number of fused-ring (bicyclic) bond motifs is 7. The Morgan fingerprint density at radius 2 is 1.05 bits per heavy atom. The Kier molecular flexibility index (Phi) is 5.34. The minimum absolute atomic E-state index is 0.549. The highest BCUT2D eigenvalue weighted by Crippen LogP contribution is 2.41. The number of nitrogens with zero attached hydrogens (tertiary/aromatic N) is 5. The minimum Gasteiger partial charge on any atom is -0.307 e. The average molecular weight is 562 g/mol. The van der Waals surface area contributed by atoms with Crippen LogP contribution in [-0.4, -0.2) is 24.1 Å². The van der Waals surface area contributed by atoms with Crippen molar-refractivity contribution in [1.82, 2.24) is 24.1 Å². The second-order valence-electron chi connectivity index (χ2n) is 10.8. The average Bonchev–Trinajstić information content (AvgIpc) is 3.62. The second kappa shape index (κ2) is 9.65. The van der Waals surface area contributed by atoms with E-state index < -0.39 is 0 Å². The van der Waals surface area contributed by atoms with Crippen molar-refractivity contribution >= 4 is 43.6 Å². The molecule has 0 spiro atoms. The smallest absolute Gasteiger partial charge is 0.238 e. The molecule has 0 fully saturated rings. The molecule has 0 N–H and O–H groups in total. The van der Waals surface area contributed by atoms with Gasteiger partial charge in [-0.05, 0) is 36.4 Å². The summed E-state index contributed by atoms with van der Waals surface area (Å²) < 4.78 is 4.57. The molecule has 5 heteroatoms. The predicted octanol–water partition coefficient (Wildman–Crippen LogP) is 9.00. The van der Waals surface area contributed by atoms with Crippen molar-refractivity contribution in [2.45, 2.75) is 0 Å². The van der Waals surface area contributed by atoms with Gasteiger partial charge in [-0.3, -0.25) is 4.57 Å². The van der Waals surface area contributed by atoms with Gasteiger partial charge in [0.15, 0.2) is 11.6 Å². The Balaban J connectivity index is 1.48. The van der Waals surface area contributed by atoms with Crippen molar-refractivity contribution in [1.29, 1.82) is 0 Å². The molecule has 204 valence electrons. The van der Waals surface area contributed by atoms with Crippen molar-refractivity contribution in [3.63, 3.8) is 0 Å². The normalized spacial score (nSPS) is 11.5. The maximum absolute atomic E-state index is 5.14. The van der Waals surface area contributed by atoms with Crippen molar-refractivity contribution in [3.05, 3.63) is 152 Å². The zero-order chi connectivity index (χ0) is 29.0. The van der Waals surface area contributed by atoms with Gasteiger partial charge in [-0.1, -0.05) is 115 Å². The lowest BCUT2D eigenvalue weighted by molar-refractivity contribution is 0.953. The van der Waals surface area contributed by atoms with E-state index in [2.05, 4.69) is 112 Å². The van der Waals surface area contributed by atoms with E-state index in [0.29, 0.717) is 17.6 Å². The molecule has 3 heterocycles. The fourth-order valence-corrected chi connectivity index (χ4v) is 6.34. The molecular formula is C39H23N5. The molecule has 5 nitrogen and oxygen atoms in total. The van der Waals surface area contributed by atoms with Gasteiger partial charge < -0.3 is 4.57 Å². The Bertz CT molecular complexity index is 2420. The van der Waals surface area contributed by atoms with Gasteiger partial charge in [0.1, 0.15) is 0 Å². The van der Waals surface area contributed by atoms with E-state index >= 15 is 0 Å². The molecule has 6 aromatic carbocycles. The van der Waals surface area contributed by atoms with Gasteiger partial charge in [-0.25, -0.2) is 4.98 Å². The third kappa shape index (κ3) is 3.65. The molecular weight excluding hydrogens is 538 g/mol. The van der Waals surface area contributed by atoms with Crippen LogP contribution in [0.25, 0.3) is 78.0 Å². The lowest BCUT2D eigenvalue weighted by Gasteiger charge is -2.13. The quantitative estimate of drug-likeness (QED) is 0.215. The van der Waals surface area contributed by atoms with Crippen LogP contribution < -0.4 is 0 Å². The lowest BCUT2D eigenvalue weighted by Crippen LogP contribution is -2.07. The van der Waals surface area contributed by atoms with E-state index in [1.54, 1.807) is 0 Å². The highest BCUT2D eigenvalue weighted by molar-refractivity contribution is 6.23. The van der Waals surface area contributed by atoms with Crippen molar-refractivity contribution < 1.29 is 0 Å². The highest BCUT2D eigenvalue weighted by Gasteiger charge is 2.23. The number of rotatable bonds is 4. The Morgan fingerprint density at radius 3 is 1.73 bits per heavy atom. The SMILES string of the molecule is c1cccc(-c2nc(-c3ccccc3)nc(-n3c4ccccc4c4ccc5c6ccccc6n(-c6ccccc6)c5c43)n2)c#1. The molecule has 0 aliphatic carbocycles. The second-order valence-corrected chi connectivity index (χ2v) is 10.8. The summed E-state index contributed by atoms with van der Waals surface area (Å²) in [4.78, 5) is 15.2. The summed E-state index contributed by atoms with van der Waals surface area (Å²) in [6, 6.07) is 54.2. The van der Waals surface area contributed by atoms with Crippen LogP contribution in [-0.2, 0) is 0 Å². The molecule has 0 saturated heterocycles. The zero-order valence-electron chi connectivity index (χ0n) is 23.5. The van der Waals surface area contributed by atoms with E-state index in [4.69, 9.17) is 15.0 Å². The standard InChI is InChI=1S/C39H23N5/c1-4-14-26(15-5-1)37-40-38(27-16-6-2-7-17-27)42-39(41-37)44-34-23-13-11-21-30(34)32-25-24-31-29-20-10-12-22-33(29)43(35(31)36(32)44)28-18-8-3-9-19-28/h1-6,8-16,18-25H. The molecule has 0 unspecified atom stereocenters. The first-order chi connectivity index (χ1) is 21.8. The van der Waals surface area contributed by atoms with E-state index in [1.807, 2.05) is 48.5 Å². The summed E-state index contributed by atoms with van der Waals surface area (Å²) >= 11 is 0. The van der Waals surface area contributed by atoms with Crippen LogP contribution in [0.5, 0.6) is 0 Å². The summed E-state index contributed by atoms with van der Waals surface area (Å²) in [6.07, 6.45) is 0. The van der Waals surface area contributed by atoms with Gasteiger partial charge in [-0.15, -0.1) is 0 Å². The molecule has 0 bridgehead atoms. The van der Waals surface area contributed by atoms with Crippen molar-refractivity contribution in [3.8, 4) is 34.4 Å². The summed E-state index contributed by atoms with van der Waals surface area (Å²) in [5, 5.41) is 4.64. The van der Waals surface area contributed by atoms with E-state index in [-0.39, 0.29) is 0 Å². The van der Waals surface area contributed by atoms with Crippen LogP contribution in [0.15, 0.2) is 140 Å². The molecule has 0 saturated carbocycles. The minimum atomic E-state index is 0.549. The van der Waals surface area contributed by atoms with Gasteiger partial charge in [0.2, 0.25) is 5.95 Å². The monoisotopic (exact) mass is 561 g/mol. The molecule has 0 atom stereocenters.